The smallest absolute Gasteiger partial charge is 0.413 e. The second-order valence-corrected chi connectivity index (χ2v) is 7.71. The summed E-state index contributed by atoms with van der Waals surface area (Å²) in [5.41, 5.74) is -0.110. The van der Waals surface area contributed by atoms with Gasteiger partial charge >= 0.3 is 6.09 Å². The maximum absolute atomic E-state index is 13.0. The summed E-state index contributed by atoms with van der Waals surface area (Å²) in [7, 11) is 1.52. The van der Waals surface area contributed by atoms with Crippen molar-refractivity contribution in [2.45, 2.75) is 26.4 Å². The van der Waals surface area contributed by atoms with Crippen LogP contribution in [0.5, 0.6) is 5.75 Å². The van der Waals surface area contributed by atoms with Crippen LogP contribution < -0.4 is 10.1 Å². The van der Waals surface area contributed by atoms with Crippen molar-refractivity contribution in [1.29, 1.82) is 0 Å². The summed E-state index contributed by atoms with van der Waals surface area (Å²) in [4.78, 5) is 33.8. The second kappa shape index (κ2) is 7.81. The van der Waals surface area contributed by atoms with E-state index >= 15 is 0 Å². The first kappa shape index (κ1) is 19.6. The Morgan fingerprint density at radius 2 is 2.00 bits per heavy atom. The van der Waals surface area contributed by atoms with Crippen LogP contribution in [0.4, 0.5) is 9.93 Å². The lowest BCUT2D eigenvalue weighted by atomic mass is 10.1. The Balaban J connectivity index is 1.93. The Kier molecular flexibility index (Phi) is 5.46. The molecule has 1 N–H and O–H groups in total. The fourth-order valence-electron chi connectivity index (χ4n) is 2.25. The standard InChI is InChI=1S/C19H19N3O5S/c1-19(2,3)27-18(24)22-17-21-14(13-6-5-9-26-13)16(28-17)15(23)12-8-7-11(25-4)10-20-12/h5-10H,1-4H3,(H,21,22,24). The molecule has 0 saturated carbocycles. The van der Waals surface area contributed by atoms with Crippen LogP contribution in [-0.4, -0.2) is 34.6 Å². The minimum Gasteiger partial charge on any atom is -0.495 e. The SMILES string of the molecule is COc1ccc(C(=O)c2sc(NC(=O)OC(C)(C)C)nc2-c2ccco2)nc1. The van der Waals surface area contributed by atoms with Crippen LogP contribution in [0.15, 0.2) is 41.1 Å². The highest BCUT2D eigenvalue weighted by Crippen LogP contribution is 2.33. The first-order valence-electron chi connectivity index (χ1n) is 8.36. The van der Waals surface area contributed by atoms with Gasteiger partial charge in [-0.25, -0.2) is 14.8 Å². The third-order valence-corrected chi connectivity index (χ3v) is 4.37. The van der Waals surface area contributed by atoms with Gasteiger partial charge in [0.2, 0.25) is 5.78 Å². The molecule has 0 spiro atoms. The lowest BCUT2D eigenvalue weighted by Crippen LogP contribution is -2.27. The van der Waals surface area contributed by atoms with E-state index in [0.29, 0.717) is 22.1 Å². The predicted molar refractivity (Wildman–Crippen MR) is 104 cm³/mol. The number of nitrogens with one attached hydrogen (secondary N) is 1. The van der Waals surface area contributed by atoms with Crippen LogP contribution in [0.1, 0.15) is 36.1 Å². The van der Waals surface area contributed by atoms with Crippen molar-refractivity contribution in [3.8, 4) is 17.2 Å². The molecule has 3 aromatic rings. The molecule has 8 nitrogen and oxygen atoms in total. The Bertz CT molecular complexity index is 972. The lowest BCUT2D eigenvalue weighted by Gasteiger charge is -2.18. The normalized spacial score (nSPS) is 11.1. The zero-order chi connectivity index (χ0) is 20.3. The molecule has 28 heavy (non-hydrogen) atoms. The maximum Gasteiger partial charge on any atom is 0.413 e. The molecule has 0 aliphatic carbocycles. The minimum atomic E-state index is -0.659. The zero-order valence-electron chi connectivity index (χ0n) is 15.8. The maximum atomic E-state index is 13.0. The van der Waals surface area contributed by atoms with Gasteiger partial charge < -0.3 is 13.9 Å². The van der Waals surface area contributed by atoms with E-state index in [4.69, 9.17) is 13.9 Å². The monoisotopic (exact) mass is 401 g/mol. The van der Waals surface area contributed by atoms with Crippen LogP contribution in [0, 0.1) is 0 Å². The summed E-state index contributed by atoms with van der Waals surface area (Å²) in [5.74, 6) is 0.605. The van der Waals surface area contributed by atoms with E-state index in [0.717, 1.165) is 11.3 Å². The third-order valence-electron chi connectivity index (χ3n) is 3.40. The Labute approximate surface area is 165 Å². The minimum absolute atomic E-state index is 0.220. The summed E-state index contributed by atoms with van der Waals surface area (Å²) in [6, 6.07) is 6.58. The summed E-state index contributed by atoms with van der Waals surface area (Å²) >= 11 is 1.02. The van der Waals surface area contributed by atoms with Crippen LogP contribution in [0.3, 0.4) is 0 Å². The van der Waals surface area contributed by atoms with E-state index in [1.165, 1.54) is 19.6 Å². The highest BCUT2D eigenvalue weighted by molar-refractivity contribution is 7.18. The fraction of sp³-hybridized carbons (Fsp3) is 0.263. The van der Waals surface area contributed by atoms with Crippen LogP contribution in [0.25, 0.3) is 11.5 Å². The van der Waals surface area contributed by atoms with Gasteiger partial charge in [-0.15, -0.1) is 0 Å². The summed E-state index contributed by atoms with van der Waals surface area (Å²) in [5, 5.41) is 2.78. The van der Waals surface area contributed by atoms with E-state index in [1.54, 1.807) is 45.0 Å². The van der Waals surface area contributed by atoms with Crippen molar-refractivity contribution >= 4 is 28.3 Å². The molecule has 1 amide bonds. The van der Waals surface area contributed by atoms with Crippen molar-refractivity contribution in [1.82, 2.24) is 9.97 Å². The third kappa shape index (κ3) is 4.55. The molecule has 0 aliphatic heterocycles. The summed E-state index contributed by atoms with van der Waals surface area (Å²) in [6.45, 7) is 5.27. The van der Waals surface area contributed by atoms with Gasteiger partial charge in [0.25, 0.3) is 0 Å². The van der Waals surface area contributed by atoms with Crippen LogP contribution in [0.2, 0.25) is 0 Å². The number of methoxy groups -OCH3 is 1. The van der Waals surface area contributed by atoms with Gasteiger partial charge in [0, 0.05) is 0 Å². The first-order chi connectivity index (χ1) is 13.3. The number of amides is 1. The Hall–Kier alpha value is -3.20. The lowest BCUT2D eigenvalue weighted by molar-refractivity contribution is 0.0635. The van der Waals surface area contributed by atoms with Crippen molar-refractivity contribution < 1.29 is 23.5 Å². The number of anilines is 1. The average molecular weight is 401 g/mol. The topological polar surface area (TPSA) is 104 Å². The van der Waals surface area contributed by atoms with Crippen molar-refractivity contribution in [3.63, 3.8) is 0 Å². The van der Waals surface area contributed by atoms with E-state index in [1.807, 2.05) is 0 Å². The number of thiazole rings is 1. The van der Waals surface area contributed by atoms with E-state index in [-0.39, 0.29) is 16.6 Å². The molecule has 0 saturated heterocycles. The second-order valence-electron chi connectivity index (χ2n) is 6.71. The number of rotatable bonds is 5. The predicted octanol–water partition coefficient (Wildman–Crippen LogP) is 4.38. The number of hydrogen-bond acceptors (Lipinski definition) is 8. The highest BCUT2D eigenvalue weighted by Gasteiger charge is 2.25. The van der Waals surface area contributed by atoms with Crippen molar-refractivity contribution in [3.05, 3.63) is 47.3 Å². The van der Waals surface area contributed by atoms with Crippen LogP contribution >= 0.6 is 11.3 Å². The van der Waals surface area contributed by atoms with Gasteiger partial charge in [0.1, 0.15) is 27.6 Å². The van der Waals surface area contributed by atoms with E-state index < -0.39 is 11.7 Å². The molecular formula is C19H19N3O5S. The van der Waals surface area contributed by atoms with Crippen LogP contribution in [-0.2, 0) is 4.74 Å². The fourth-order valence-corrected chi connectivity index (χ4v) is 3.16. The van der Waals surface area contributed by atoms with E-state index in [2.05, 4.69) is 15.3 Å². The number of pyridine rings is 1. The molecule has 0 fully saturated rings. The molecule has 0 atom stereocenters. The number of carbonyl (C=O) groups is 2. The molecule has 9 heteroatoms. The first-order valence-corrected chi connectivity index (χ1v) is 9.18. The van der Waals surface area contributed by atoms with Gasteiger partial charge in [-0.05, 0) is 45.0 Å². The molecule has 0 aliphatic rings. The molecule has 0 aromatic carbocycles. The number of ether oxygens (including phenoxy) is 2. The summed E-state index contributed by atoms with van der Waals surface area (Å²) < 4.78 is 15.7. The number of hydrogen-bond donors (Lipinski definition) is 1. The average Bonchev–Trinajstić information content (AvgIpc) is 3.29. The number of aromatic nitrogens is 2. The largest absolute Gasteiger partial charge is 0.495 e. The Morgan fingerprint density at radius 1 is 1.21 bits per heavy atom. The van der Waals surface area contributed by atoms with Gasteiger partial charge in [-0.1, -0.05) is 11.3 Å². The van der Waals surface area contributed by atoms with Gasteiger partial charge in [0.05, 0.1) is 19.6 Å². The van der Waals surface area contributed by atoms with E-state index in [9.17, 15) is 9.59 Å². The zero-order valence-corrected chi connectivity index (χ0v) is 16.6. The molecule has 0 bridgehead atoms. The number of nitrogens with zero attached hydrogens (tertiary/aromatic N) is 2. The highest BCUT2D eigenvalue weighted by atomic mass is 32.1. The molecule has 0 radical (unpaired) electrons. The molecular weight excluding hydrogens is 382 g/mol. The summed E-state index contributed by atoms with van der Waals surface area (Å²) in [6.07, 6.45) is 2.28. The number of carbonyl (C=O) groups excluding carboxylic acids is 2. The molecule has 0 unspecified atom stereocenters. The number of furan rings is 1. The number of ketones is 1. The molecule has 3 heterocycles. The van der Waals surface area contributed by atoms with Crippen molar-refractivity contribution in [2.24, 2.45) is 0 Å². The van der Waals surface area contributed by atoms with Gasteiger partial charge in [-0.2, -0.15) is 0 Å². The van der Waals surface area contributed by atoms with Crippen molar-refractivity contribution in [2.75, 3.05) is 12.4 Å². The van der Waals surface area contributed by atoms with Gasteiger partial charge in [0.15, 0.2) is 10.9 Å². The quantitative estimate of drug-likeness (QED) is 0.633. The molecule has 146 valence electrons. The Morgan fingerprint density at radius 3 is 2.57 bits per heavy atom. The van der Waals surface area contributed by atoms with Gasteiger partial charge in [-0.3, -0.25) is 10.1 Å². The molecule has 3 aromatic heterocycles. The molecule has 3 rings (SSSR count).